The quantitative estimate of drug-likeness (QED) is 0.776. The molecule has 1 aliphatic heterocycles. The molecule has 1 aromatic carbocycles. The van der Waals surface area contributed by atoms with Gasteiger partial charge < -0.3 is 9.76 Å². The highest BCUT2D eigenvalue weighted by atomic mass is 32.1. The molecule has 16 heavy (non-hydrogen) atoms. The van der Waals surface area contributed by atoms with Gasteiger partial charge in [0.05, 0.1) is 13.2 Å². The molecule has 0 bridgehead atoms. The van der Waals surface area contributed by atoms with Crippen molar-refractivity contribution in [2.24, 2.45) is 0 Å². The molecule has 0 radical (unpaired) electrons. The van der Waals surface area contributed by atoms with Gasteiger partial charge in [-0.1, -0.05) is 30.3 Å². The van der Waals surface area contributed by atoms with Crippen LogP contribution in [0.15, 0.2) is 35.7 Å². The summed E-state index contributed by atoms with van der Waals surface area (Å²) in [6.07, 6.45) is 0. The molecule has 0 fully saturated rings. The van der Waals surface area contributed by atoms with E-state index in [0.717, 1.165) is 5.56 Å². The van der Waals surface area contributed by atoms with E-state index in [2.05, 4.69) is 17.5 Å². The summed E-state index contributed by atoms with van der Waals surface area (Å²) in [4.78, 5) is 0. The minimum Gasteiger partial charge on any atom is -0.422 e. The van der Waals surface area contributed by atoms with E-state index in [1.54, 1.807) is 11.3 Å². The number of aliphatic hydroxyl groups is 1. The van der Waals surface area contributed by atoms with Crippen LogP contribution in [0.4, 0.5) is 0 Å². The van der Waals surface area contributed by atoms with Crippen molar-refractivity contribution in [1.82, 2.24) is 0 Å². The molecule has 0 unspecified atom stereocenters. The van der Waals surface area contributed by atoms with Crippen LogP contribution in [0.1, 0.15) is 11.1 Å². The number of benzene rings is 1. The van der Waals surface area contributed by atoms with Gasteiger partial charge in [-0.2, -0.15) is 11.3 Å². The zero-order valence-corrected chi connectivity index (χ0v) is 9.54. The predicted octanol–water partition coefficient (Wildman–Crippen LogP) is 0.876. The summed E-state index contributed by atoms with van der Waals surface area (Å²) < 4.78 is 7.04. The second kappa shape index (κ2) is 4.05. The number of aliphatic hydroxyl groups excluding tert-OH is 1. The van der Waals surface area contributed by atoms with E-state index < -0.39 is 0 Å². The third-order valence-corrected chi connectivity index (χ3v) is 3.80. The summed E-state index contributed by atoms with van der Waals surface area (Å²) in [5, 5.41) is 11.1. The minimum absolute atomic E-state index is 0.0859. The molecule has 3 rings (SSSR count). The molecule has 1 N–H and O–H groups in total. The molecular weight excluding hydrogens is 219 g/mol. The lowest BCUT2D eigenvalue weighted by Gasteiger charge is -2.04. The van der Waals surface area contributed by atoms with E-state index in [-0.39, 0.29) is 13.5 Å². The van der Waals surface area contributed by atoms with Crippen molar-refractivity contribution in [2.75, 3.05) is 0 Å². The van der Waals surface area contributed by atoms with Crippen LogP contribution < -0.4 is 10.2 Å². The second-order valence-electron chi connectivity index (χ2n) is 3.90. The molecule has 2 nitrogen and oxygen atoms in total. The monoisotopic (exact) mass is 230 g/mol. The van der Waals surface area contributed by atoms with Crippen molar-refractivity contribution < 1.29 is 9.76 Å². The van der Waals surface area contributed by atoms with Crippen LogP contribution in [0.25, 0.3) is 0 Å². The molecule has 2 aromatic rings. The molecular formula is C12H11BO2S. The standard InChI is InChI=1S/C12H11BO2S/c14-7-9-3-4-11-10(6-9)8-15-13(11)12-2-1-5-16-12/h1-6,14H,7-8H2. The summed E-state index contributed by atoms with van der Waals surface area (Å²) in [5.74, 6) is 0. The maximum atomic E-state index is 9.08. The normalized spacial score (nSPS) is 14.2. The molecule has 80 valence electrons. The Morgan fingerprint density at radius 3 is 3.06 bits per heavy atom. The Hall–Kier alpha value is -1.10. The van der Waals surface area contributed by atoms with Crippen molar-refractivity contribution in [3.05, 3.63) is 46.8 Å². The van der Waals surface area contributed by atoms with Gasteiger partial charge in [0, 0.05) is 4.78 Å². The lowest BCUT2D eigenvalue weighted by Crippen LogP contribution is -2.39. The van der Waals surface area contributed by atoms with Gasteiger partial charge in [0.15, 0.2) is 0 Å². The van der Waals surface area contributed by atoms with Gasteiger partial charge in [0.25, 0.3) is 0 Å². The Morgan fingerprint density at radius 1 is 1.38 bits per heavy atom. The van der Waals surface area contributed by atoms with Gasteiger partial charge in [-0.05, 0) is 22.0 Å². The fourth-order valence-electron chi connectivity index (χ4n) is 2.08. The number of hydrogen-bond acceptors (Lipinski definition) is 3. The fraction of sp³-hybridized carbons (Fsp3) is 0.167. The Labute approximate surface area is 98.6 Å². The summed E-state index contributed by atoms with van der Waals surface area (Å²) >= 11 is 1.72. The van der Waals surface area contributed by atoms with E-state index in [1.807, 2.05) is 18.2 Å². The first kappa shape index (κ1) is 10.1. The van der Waals surface area contributed by atoms with Crippen LogP contribution in [0.3, 0.4) is 0 Å². The van der Waals surface area contributed by atoms with Crippen LogP contribution in [-0.2, 0) is 17.9 Å². The Morgan fingerprint density at radius 2 is 2.31 bits per heavy atom. The molecule has 4 heteroatoms. The summed E-state index contributed by atoms with van der Waals surface area (Å²) in [6.45, 7) is 0.825. The van der Waals surface area contributed by atoms with Crippen molar-refractivity contribution >= 4 is 28.5 Å². The Bertz CT molecular complexity index is 496. The average molecular weight is 230 g/mol. The topological polar surface area (TPSA) is 29.5 Å². The van der Waals surface area contributed by atoms with Gasteiger partial charge in [-0.3, -0.25) is 0 Å². The van der Waals surface area contributed by atoms with Crippen LogP contribution in [0.2, 0.25) is 0 Å². The van der Waals surface area contributed by atoms with Crippen molar-refractivity contribution in [3.8, 4) is 0 Å². The number of fused-ring (bicyclic) bond motifs is 1. The molecule has 0 amide bonds. The van der Waals surface area contributed by atoms with Gasteiger partial charge in [0.1, 0.15) is 0 Å². The Kier molecular flexibility index (Phi) is 2.55. The molecule has 2 heterocycles. The summed E-state index contributed by atoms with van der Waals surface area (Å²) in [5.41, 5.74) is 3.39. The second-order valence-corrected chi connectivity index (χ2v) is 4.88. The molecule has 0 spiro atoms. The largest absolute Gasteiger partial charge is 0.422 e. The van der Waals surface area contributed by atoms with Gasteiger partial charge in [0.2, 0.25) is 0 Å². The lowest BCUT2D eigenvalue weighted by atomic mass is 9.60. The van der Waals surface area contributed by atoms with Crippen LogP contribution >= 0.6 is 11.3 Å². The first-order valence-corrected chi connectivity index (χ1v) is 6.14. The van der Waals surface area contributed by atoms with E-state index >= 15 is 0 Å². The molecule has 1 aliphatic rings. The molecule has 0 saturated carbocycles. The van der Waals surface area contributed by atoms with E-state index in [9.17, 15) is 0 Å². The first-order valence-electron chi connectivity index (χ1n) is 5.26. The third-order valence-electron chi connectivity index (χ3n) is 2.88. The average Bonchev–Trinajstić information content (AvgIpc) is 2.96. The summed E-state index contributed by atoms with van der Waals surface area (Å²) in [7, 11) is 0. The van der Waals surface area contributed by atoms with Crippen molar-refractivity contribution in [3.63, 3.8) is 0 Å². The SMILES string of the molecule is OCc1ccc2c(c1)COB2c1cccs1. The van der Waals surface area contributed by atoms with Crippen molar-refractivity contribution in [1.29, 1.82) is 0 Å². The van der Waals surface area contributed by atoms with Crippen LogP contribution in [0.5, 0.6) is 0 Å². The maximum absolute atomic E-state index is 9.08. The number of rotatable bonds is 2. The highest BCUT2D eigenvalue weighted by Crippen LogP contribution is 2.14. The molecule has 0 atom stereocenters. The van der Waals surface area contributed by atoms with E-state index in [0.29, 0.717) is 6.61 Å². The molecule has 0 saturated heterocycles. The van der Waals surface area contributed by atoms with Crippen LogP contribution in [-0.4, -0.2) is 12.0 Å². The molecule has 1 aromatic heterocycles. The zero-order chi connectivity index (χ0) is 11.0. The number of thiophene rings is 1. The van der Waals surface area contributed by atoms with Crippen LogP contribution in [0, 0.1) is 0 Å². The van der Waals surface area contributed by atoms with E-state index in [1.165, 1.54) is 15.8 Å². The Balaban J connectivity index is 2.00. The highest BCUT2D eigenvalue weighted by Gasteiger charge is 2.30. The van der Waals surface area contributed by atoms with Gasteiger partial charge in [-0.25, -0.2) is 0 Å². The van der Waals surface area contributed by atoms with E-state index in [4.69, 9.17) is 9.76 Å². The lowest BCUT2D eigenvalue weighted by molar-refractivity contribution is 0.281. The smallest absolute Gasteiger partial charge is 0.372 e. The van der Waals surface area contributed by atoms with Gasteiger partial charge in [-0.15, -0.1) is 0 Å². The number of hydrogen-bond donors (Lipinski definition) is 1. The minimum atomic E-state index is 0.0859. The third kappa shape index (κ3) is 1.59. The maximum Gasteiger partial charge on any atom is 0.372 e. The first-order chi connectivity index (χ1) is 7.88. The zero-order valence-electron chi connectivity index (χ0n) is 8.72. The van der Waals surface area contributed by atoms with Gasteiger partial charge >= 0.3 is 6.92 Å². The fourth-order valence-corrected chi connectivity index (χ4v) is 2.87. The van der Waals surface area contributed by atoms with Crippen molar-refractivity contribution in [2.45, 2.75) is 13.2 Å². The predicted molar refractivity (Wildman–Crippen MR) is 66.5 cm³/mol. The summed E-state index contributed by atoms with van der Waals surface area (Å²) in [6, 6.07) is 10.2. The highest BCUT2D eigenvalue weighted by molar-refractivity contribution is 7.23. The molecule has 0 aliphatic carbocycles.